The Labute approximate surface area is 172 Å². The number of rotatable bonds is 4. The maximum atomic E-state index is 13.0. The van der Waals surface area contributed by atoms with E-state index >= 15 is 0 Å². The van der Waals surface area contributed by atoms with Crippen LogP contribution >= 0.6 is 0 Å². The van der Waals surface area contributed by atoms with Gasteiger partial charge in [0, 0.05) is 30.3 Å². The maximum absolute atomic E-state index is 13.0. The molecule has 4 rings (SSSR count). The number of nitrogens with one attached hydrogen (secondary N) is 1. The van der Waals surface area contributed by atoms with Crippen molar-refractivity contribution in [3.8, 4) is 12.3 Å². The Morgan fingerprint density at radius 1 is 1.07 bits per heavy atom. The van der Waals surface area contributed by atoms with Gasteiger partial charge in [-0.15, -0.1) is 6.42 Å². The van der Waals surface area contributed by atoms with Crippen LogP contribution in [0.5, 0.6) is 0 Å². The van der Waals surface area contributed by atoms with Crippen LogP contribution in [0, 0.1) is 18.3 Å². The number of amides is 1. The summed E-state index contributed by atoms with van der Waals surface area (Å²) in [6.45, 7) is 0.698. The lowest BCUT2D eigenvalue weighted by Crippen LogP contribution is -2.41. The Morgan fingerprint density at radius 3 is 2.59 bits per heavy atom. The van der Waals surface area contributed by atoms with Gasteiger partial charge < -0.3 is 5.32 Å². The number of carbonyl (C=O) groups is 1. The van der Waals surface area contributed by atoms with Gasteiger partial charge in [-0.05, 0) is 73.6 Å². The molecule has 150 valence electrons. The number of benzene rings is 2. The van der Waals surface area contributed by atoms with Crippen LogP contribution < -0.4 is 5.32 Å². The summed E-state index contributed by atoms with van der Waals surface area (Å²) in [6.07, 6.45) is 9.47. The minimum Gasteiger partial charge on any atom is -0.326 e. The third-order valence-corrected chi connectivity index (χ3v) is 7.72. The van der Waals surface area contributed by atoms with Crippen molar-refractivity contribution < 1.29 is 13.2 Å². The molecule has 29 heavy (non-hydrogen) atoms. The average molecular weight is 409 g/mol. The van der Waals surface area contributed by atoms with Gasteiger partial charge in [-0.25, -0.2) is 8.42 Å². The van der Waals surface area contributed by atoms with E-state index in [2.05, 4.69) is 11.2 Å². The number of nitrogens with zero attached hydrogens (tertiary/aromatic N) is 1. The Morgan fingerprint density at radius 2 is 1.83 bits per heavy atom. The number of carbonyl (C=O) groups excluding carboxylic acids is 1. The first-order valence-electron chi connectivity index (χ1n) is 9.97. The Bertz CT molecular complexity index is 1080. The van der Waals surface area contributed by atoms with Crippen molar-refractivity contribution in [2.45, 2.75) is 37.0 Å². The normalized spacial score (nSPS) is 17.5. The van der Waals surface area contributed by atoms with E-state index in [0.29, 0.717) is 42.1 Å². The number of hydrogen-bond donors (Lipinski definition) is 1. The summed E-state index contributed by atoms with van der Waals surface area (Å²) in [5, 5.41) is 2.90. The van der Waals surface area contributed by atoms with Crippen LogP contribution in [0.15, 0.2) is 47.4 Å². The maximum Gasteiger partial charge on any atom is 0.243 e. The van der Waals surface area contributed by atoms with E-state index in [0.717, 1.165) is 24.8 Å². The lowest BCUT2D eigenvalue weighted by atomic mass is 9.97. The van der Waals surface area contributed by atoms with Crippen LogP contribution in [0.3, 0.4) is 0 Å². The molecule has 1 fully saturated rings. The summed E-state index contributed by atoms with van der Waals surface area (Å²) < 4.78 is 27.6. The lowest BCUT2D eigenvalue weighted by Gasteiger charge is -2.30. The number of hydrogen-bond acceptors (Lipinski definition) is 3. The standard InChI is InChI=1S/C23H24N2O3S/c1-2-17-5-3-8-21(15-17)24-23(26)19-11-13-25(14-12-19)29(27,28)22-10-9-18-6-4-7-20(18)16-22/h1,3,5,8-10,15-16,19H,4,6-7,11-14H2,(H,24,26). The van der Waals surface area contributed by atoms with Gasteiger partial charge in [-0.3, -0.25) is 4.79 Å². The fourth-order valence-corrected chi connectivity index (χ4v) is 5.67. The smallest absolute Gasteiger partial charge is 0.243 e. The van der Waals surface area contributed by atoms with E-state index in [-0.39, 0.29) is 11.8 Å². The van der Waals surface area contributed by atoms with E-state index < -0.39 is 10.0 Å². The third-order valence-electron chi connectivity index (χ3n) is 5.83. The number of anilines is 1. The summed E-state index contributed by atoms with van der Waals surface area (Å²) in [6, 6.07) is 12.7. The molecule has 1 saturated heterocycles. The number of sulfonamides is 1. The molecular formula is C23H24N2O3S. The van der Waals surface area contributed by atoms with Gasteiger partial charge in [-0.2, -0.15) is 4.31 Å². The second-order valence-corrected chi connectivity index (χ2v) is 9.61. The summed E-state index contributed by atoms with van der Waals surface area (Å²) >= 11 is 0. The Kier molecular flexibility index (Phi) is 5.44. The van der Waals surface area contributed by atoms with Crippen molar-refractivity contribution in [1.82, 2.24) is 4.31 Å². The topological polar surface area (TPSA) is 66.5 Å². The molecule has 0 spiro atoms. The third kappa shape index (κ3) is 4.07. The van der Waals surface area contributed by atoms with Gasteiger partial charge in [0.05, 0.1) is 4.90 Å². The molecule has 0 saturated carbocycles. The fraction of sp³-hybridized carbons (Fsp3) is 0.348. The van der Waals surface area contributed by atoms with Crippen molar-refractivity contribution in [2.24, 2.45) is 5.92 Å². The van der Waals surface area contributed by atoms with E-state index in [1.54, 1.807) is 30.3 Å². The van der Waals surface area contributed by atoms with Crippen molar-refractivity contribution in [3.63, 3.8) is 0 Å². The quantitative estimate of drug-likeness (QED) is 0.790. The van der Waals surface area contributed by atoms with E-state index in [1.807, 2.05) is 12.1 Å². The van der Waals surface area contributed by atoms with Crippen LogP contribution in [0.4, 0.5) is 5.69 Å². The molecule has 1 aliphatic heterocycles. The largest absolute Gasteiger partial charge is 0.326 e. The number of piperidine rings is 1. The SMILES string of the molecule is C#Cc1cccc(NC(=O)C2CCN(S(=O)(=O)c3ccc4c(c3)CCC4)CC2)c1. The first-order chi connectivity index (χ1) is 14.0. The predicted molar refractivity (Wildman–Crippen MR) is 113 cm³/mol. The zero-order valence-electron chi connectivity index (χ0n) is 16.2. The van der Waals surface area contributed by atoms with Crippen molar-refractivity contribution in [3.05, 3.63) is 59.2 Å². The first kappa shape index (κ1) is 19.7. The highest BCUT2D eigenvalue weighted by molar-refractivity contribution is 7.89. The highest BCUT2D eigenvalue weighted by atomic mass is 32.2. The van der Waals surface area contributed by atoms with Crippen molar-refractivity contribution in [2.75, 3.05) is 18.4 Å². The molecule has 5 nitrogen and oxygen atoms in total. The highest BCUT2D eigenvalue weighted by Gasteiger charge is 2.32. The molecule has 0 unspecified atom stereocenters. The Balaban J connectivity index is 1.39. The Hall–Kier alpha value is -2.62. The van der Waals surface area contributed by atoms with Gasteiger partial charge in [0.2, 0.25) is 15.9 Å². The fourth-order valence-electron chi connectivity index (χ4n) is 4.15. The van der Waals surface area contributed by atoms with Gasteiger partial charge in [0.25, 0.3) is 0 Å². The molecule has 2 aliphatic rings. The molecule has 2 aromatic rings. The minimum absolute atomic E-state index is 0.0891. The monoisotopic (exact) mass is 408 g/mol. The molecule has 1 heterocycles. The van der Waals surface area contributed by atoms with Crippen LogP contribution in [0.25, 0.3) is 0 Å². The molecule has 1 N–H and O–H groups in total. The van der Waals surface area contributed by atoms with Gasteiger partial charge in [0.15, 0.2) is 0 Å². The average Bonchev–Trinajstić information content (AvgIpc) is 3.22. The molecule has 2 aromatic carbocycles. The summed E-state index contributed by atoms with van der Waals surface area (Å²) in [5.74, 6) is 2.25. The molecular weight excluding hydrogens is 384 g/mol. The summed E-state index contributed by atoms with van der Waals surface area (Å²) in [5.41, 5.74) is 3.78. The van der Waals surface area contributed by atoms with E-state index in [1.165, 1.54) is 9.87 Å². The number of fused-ring (bicyclic) bond motifs is 1. The summed E-state index contributed by atoms with van der Waals surface area (Å²) in [4.78, 5) is 13.0. The second-order valence-electron chi connectivity index (χ2n) is 7.68. The molecule has 0 atom stereocenters. The van der Waals surface area contributed by atoms with Crippen LogP contribution in [0.1, 0.15) is 36.0 Å². The van der Waals surface area contributed by atoms with E-state index in [4.69, 9.17) is 6.42 Å². The highest BCUT2D eigenvalue weighted by Crippen LogP contribution is 2.29. The van der Waals surface area contributed by atoms with Gasteiger partial charge in [0.1, 0.15) is 0 Å². The van der Waals surface area contributed by atoms with E-state index in [9.17, 15) is 13.2 Å². The van der Waals surface area contributed by atoms with Crippen molar-refractivity contribution in [1.29, 1.82) is 0 Å². The molecule has 1 aliphatic carbocycles. The number of terminal acetylenes is 1. The van der Waals surface area contributed by atoms with Gasteiger partial charge in [-0.1, -0.05) is 18.1 Å². The predicted octanol–water partition coefficient (Wildman–Crippen LogP) is 3.20. The van der Waals surface area contributed by atoms with Gasteiger partial charge >= 0.3 is 0 Å². The molecule has 0 aromatic heterocycles. The second kappa shape index (κ2) is 8.02. The minimum atomic E-state index is -3.52. The molecule has 0 bridgehead atoms. The first-order valence-corrected chi connectivity index (χ1v) is 11.4. The molecule has 1 amide bonds. The molecule has 6 heteroatoms. The lowest BCUT2D eigenvalue weighted by molar-refractivity contribution is -0.120. The number of aryl methyl sites for hydroxylation is 2. The zero-order valence-corrected chi connectivity index (χ0v) is 17.0. The zero-order chi connectivity index (χ0) is 20.4. The van der Waals surface area contributed by atoms with Crippen LogP contribution in [0.2, 0.25) is 0 Å². The van der Waals surface area contributed by atoms with Crippen LogP contribution in [-0.2, 0) is 27.7 Å². The van der Waals surface area contributed by atoms with Crippen molar-refractivity contribution >= 4 is 21.6 Å². The molecule has 0 radical (unpaired) electrons. The van der Waals surface area contributed by atoms with Crippen LogP contribution in [-0.4, -0.2) is 31.7 Å². The summed E-state index contributed by atoms with van der Waals surface area (Å²) in [7, 11) is -3.52.